The molecule has 1 aliphatic heterocycles. The monoisotopic (exact) mass is 311 g/mol. The molecule has 0 radical (unpaired) electrons. The van der Waals surface area contributed by atoms with Crippen molar-refractivity contribution in [1.82, 2.24) is 5.32 Å². The van der Waals surface area contributed by atoms with Crippen molar-refractivity contribution in [2.75, 3.05) is 6.61 Å². The molecule has 4 N–H and O–H groups in total. The second-order valence-electron chi connectivity index (χ2n) is 5.55. The Morgan fingerprint density at radius 1 is 1.22 bits per heavy atom. The van der Waals surface area contributed by atoms with E-state index in [0.717, 1.165) is 28.9 Å². The summed E-state index contributed by atoms with van der Waals surface area (Å²) >= 11 is 0. The van der Waals surface area contributed by atoms with Crippen molar-refractivity contribution in [2.45, 2.75) is 25.6 Å². The van der Waals surface area contributed by atoms with Gasteiger partial charge in [0.2, 0.25) is 0 Å². The first kappa shape index (κ1) is 15.4. The summed E-state index contributed by atoms with van der Waals surface area (Å²) in [4.78, 5) is 4.40. The molecule has 0 fully saturated rings. The normalized spacial score (nSPS) is 17.3. The van der Waals surface area contributed by atoms with Gasteiger partial charge in [0.25, 0.3) is 0 Å². The minimum atomic E-state index is 0.0319. The largest absolute Gasteiger partial charge is 0.493 e. The maximum Gasteiger partial charge on any atom is 0.189 e. The van der Waals surface area contributed by atoms with E-state index in [1.54, 1.807) is 0 Å². The van der Waals surface area contributed by atoms with Crippen LogP contribution in [0.15, 0.2) is 53.5 Å². The molecule has 0 amide bonds. The first-order valence-corrected chi connectivity index (χ1v) is 7.73. The minimum Gasteiger partial charge on any atom is -0.493 e. The Hall–Kier alpha value is -2.53. The molecule has 1 heterocycles. The molecular weight excluding hydrogens is 290 g/mol. The summed E-state index contributed by atoms with van der Waals surface area (Å²) in [6.07, 6.45) is 0.854. The lowest BCUT2D eigenvalue weighted by molar-refractivity contribution is 0.262. The van der Waals surface area contributed by atoms with E-state index in [-0.39, 0.29) is 12.6 Å². The Morgan fingerprint density at radius 2 is 2.04 bits per heavy atom. The topological polar surface area (TPSA) is 79.9 Å². The molecule has 0 aliphatic carbocycles. The van der Waals surface area contributed by atoms with Crippen molar-refractivity contribution in [1.29, 1.82) is 0 Å². The summed E-state index contributed by atoms with van der Waals surface area (Å²) in [6.45, 7) is 1.18. The lowest BCUT2D eigenvalue weighted by atomic mass is 10.0. The molecule has 1 atom stereocenters. The number of hydrogen-bond acceptors (Lipinski definition) is 3. The summed E-state index contributed by atoms with van der Waals surface area (Å²) in [5.74, 6) is 1.32. The Balaban J connectivity index is 1.66. The zero-order valence-corrected chi connectivity index (χ0v) is 12.9. The molecule has 0 saturated heterocycles. The van der Waals surface area contributed by atoms with E-state index in [9.17, 15) is 0 Å². The van der Waals surface area contributed by atoms with Crippen LogP contribution in [0.4, 0.5) is 0 Å². The van der Waals surface area contributed by atoms with Gasteiger partial charge in [0.05, 0.1) is 25.8 Å². The van der Waals surface area contributed by atoms with Crippen LogP contribution in [0, 0.1) is 0 Å². The minimum absolute atomic E-state index is 0.0319. The quantitative estimate of drug-likeness (QED) is 0.597. The molecule has 2 aromatic rings. The van der Waals surface area contributed by atoms with Crippen molar-refractivity contribution >= 4 is 5.96 Å². The Bertz CT molecular complexity index is 700. The van der Waals surface area contributed by atoms with Gasteiger partial charge in [-0.2, -0.15) is 0 Å². The van der Waals surface area contributed by atoms with Crippen molar-refractivity contribution in [3.8, 4) is 5.75 Å². The molecule has 1 unspecified atom stereocenters. The molecule has 0 bridgehead atoms. The number of aliphatic hydroxyl groups is 1. The van der Waals surface area contributed by atoms with Crippen LogP contribution >= 0.6 is 0 Å². The van der Waals surface area contributed by atoms with E-state index >= 15 is 0 Å². The van der Waals surface area contributed by atoms with Crippen LogP contribution in [-0.2, 0) is 13.2 Å². The molecule has 5 heteroatoms. The summed E-state index contributed by atoms with van der Waals surface area (Å²) in [7, 11) is 0. The van der Waals surface area contributed by atoms with Crippen molar-refractivity contribution in [3.63, 3.8) is 0 Å². The first-order valence-electron chi connectivity index (χ1n) is 7.73. The number of fused-ring (bicyclic) bond motifs is 1. The van der Waals surface area contributed by atoms with Gasteiger partial charge in [0, 0.05) is 12.0 Å². The number of nitrogens with two attached hydrogens (primary N) is 1. The number of nitrogens with one attached hydrogen (secondary N) is 1. The molecule has 5 nitrogen and oxygen atoms in total. The number of aliphatic hydroxyl groups excluding tert-OH is 1. The van der Waals surface area contributed by atoms with E-state index in [0.29, 0.717) is 19.1 Å². The van der Waals surface area contributed by atoms with Gasteiger partial charge in [-0.3, -0.25) is 0 Å². The number of rotatable bonds is 4. The van der Waals surface area contributed by atoms with Gasteiger partial charge in [-0.25, -0.2) is 4.99 Å². The molecule has 1 aliphatic rings. The number of para-hydroxylation sites is 1. The predicted molar refractivity (Wildman–Crippen MR) is 90.1 cm³/mol. The van der Waals surface area contributed by atoms with Crippen molar-refractivity contribution < 1.29 is 9.84 Å². The van der Waals surface area contributed by atoms with Crippen LogP contribution < -0.4 is 15.8 Å². The van der Waals surface area contributed by atoms with Gasteiger partial charge in [-0.15, -0.1) is 0 Å². The highest BCUT2D eigenvalue weighted by molar-refractivity contribution is 5.78. The Kier molecular flexibility index (Phi) is 4.78. The van der Waals surface area contributed by atoms with Crippen LogP contribution in [0.5, 0.6) is 5.75 Å². The highest BCUT2D eigenvalue weighted by atomic mass is 16.5. The van der Waals surface area contributed by atoms with Crippen molar-refractivity contribution in [2.24, 2.45) is 10.7 Å². The smallest absolute Gasteiger partial charge is 0.189 e. The molecule has 2 aromatic carbocycles. The number of ether oxygens (including phenoxy) is 1. The highest BCUT2D eigenvalue weighted by Crippen LogP contribution is 2.31. The Morgan fingerprint density at radius 3 is 2.91 bits per heavy atom. The Labute approximate surface area is 135 Å². The number of guanidine groups is 1. The number of benzene rings is 2. The third-order valence-electron chi connectivity index (χ3n) is 3.89. The van der Waals surface area contributed by atoms with Gasteiger partial charge < -0.3 is 20.9 Å². The van der Waals surface area contributed by atoms with Crippen LogP contribution in [0.3, 0.4) is 0 Å². The van der Waals surface area contributed by atoms with Gasteiger partial charge in [-0.1, -0.05) is 42.5 Å². The van der Waals surface area contributed by atoms with Crippen LogP contribution in [0.25, 0.3) is 0 Å². The van der Waals surface area contributed by atoms with E-state index in [1.807, 2.05) is 48.5 Å². The number of hydrogen-bond donors (Lipinski definition) is 3. The van der Waals surface area contributed by atoms with E-state index < -0.39 is 0 Å². The highest BCUT2D eigenvalue weighted by Gasteiger charge is 2.21. The second-order valence-corrected chi connectivity index (χ2v) is 5.55. The maximum absolute atomic E-state index is 9.16. The fraction of sp³-hybridized carbons (Fsp3) is 0.278. The predicted octanol–water partition coefficient (Wildman–Crippen LogP) is 2.11. The standard InChI is InChI=1S/C18H21N3O2/c19-18(20-11-13-4-3-5-14(10-13)12-22)21-16-8-9-23-17-7-2-1-6-15(16)17/h1-7,10,16,22H,8-9,11-12H2,(H3,19,20,21). The molecule has 0 saturated carbocycles. The number of aliphatic imine (C=N–C) groups is 1. The van der Waals surface area contributed by atoms with Crippen LogP contribution in [-0.4, -0.2) is 17.7 Å². The maximum atomic E-state index is 9.16. The molecule has 3 rings (SSSR count). The fourth-order valence-electron chi connectivity index (χ4n) is 2.72. The fourth-order valence-corrected chi connectivity index (χ4v) is 2.72. The summed E-state index contributed by atoms with van der Waals surface area (Å²) in [6, 6.07) is 15.8. The molecule has 23 heavy (non-hydrogen) atoms. The van der Waals surface area contributed by atoms with Crippen LogP contribution in [0.1, 0.15) is 29.2 Å². The molecule has 120 valence electrons. The number of nitrogens with zero attached hydrogens (tertiary/aromatic N) is 1. The van der Waals surface area contributed by atoms with E-state index in [2.05, 4.69) is 10.3 Å². The summed E-state index contributed by atoms with van der Waals surface area (Å²) in [5, 5.41) is 12.4. The third kappa shape index (κ3) is 3.81. The third-order valence-corrected chi connectivity index (χ3v) is 3.89. The average molecular weight is 311 g/mol. The van der Waals surface area contributed by atoms with E-state index in [4.69, 9.17) is 15.6 Å². The van der Waals surface area contributed by atoms with Gasteiger partial charge in [0.1, 0.15) is 5.75 Å². The van der Waals surface area contributed by atoms with Gasteiger partial charge >= 0.3 is 0 Å². The lowest BCUT2D eigenvalue weighted by Gasteiger charge is -2.26. The molecular formula is C18H21N3O2. The van der Waals surface area contributed by atoms with Gasteiger partial charge in [0.15, 0.2) is 5.96 Å². The zero-order valence-electron chi connectivity index (χ0n) is 12.9. The second kappa shape index (κ2) is 7.15. The molecule has 0 aromatic heterocycles. The first-order chi connectivity index (χ1) is 11.3. The zero-order chi connectivity index (χ0) is 16.1. The molecule has 0 spiro atoms. The SMILES string of the molecule is NC(=NCc1cccc(CO)c1)NC1CCOc2ccccc21. The average Bonchev–Trinajstić information content (AvgIpc) is 2.60. The summed E-state index contributed by atoms with van der Waals surface area (Å²) < 4.78 is 5.65. The van der Waals surface area contributed by atoms with E-state index in [1.165, 1.54) is 0 Å². The summed E-state index contributed by atoms with van der Waals surface area (Å²) in [5.41, 5.74) is 9.04. The van der Waals surface area contributed by atoms with Crippen LogP contribution in [0.2, 0.25) is 0 Å². The lowest BCUT2D eigenvalue weighted by Crippen LogP contribution is -2.37. The van der Waals surface area contributed by atoms with Gasteiger partial charge in [-0.05, 0) is 17.2 Å². The van der Waals surface area contributed by atoms with Crippen molar-refractivity contribution in [3.05, 3.63) is 65.2 Å².